The molecule has 0 bridgehead atoms. The summed E-state index contributed by atoms with van der Waals surface area (Å²) in [5, 5.41) is 2.43. The Morgan fingerprint density at radius 3 is 2.32 bits per heavy atom. The van der Waals surface area contributed by atoms with Gasteiger partial charge < -0.3 is 24.4 Å². The molecular weight excluding hydrogens is 388 g/mol. The van der Waals surface area contributed by atoms with Crippen molar-refractivity contribution < 1.29 is 24.4 Å². The monoisotopic (exact) mass is 428 g/mol. The molecule has 0 amide bonds. The Balaban J connectivity index is 1.72. The van der Waals surface area contributed by atoms with E-state index >= 15 is 0 Å². The largest absolute Gasteiger partial charge is 0.497 e. The third-order valence-corrected chi connectivity index (χ3v) is 7.37. The van der Waals surface area contributed by atoms with Gasteiger partial charge in [0, 0.05) is 29.7 Å². The molecular formula is C26H40N2O3+2. The summed E-state index contributed by atoms with van der Waals surface area (Å²) >= 11 is 0. The molecule has 1 aliphatic rings. The molecule has 3 rings (SSSR count). The molecule has 2 aromatic rings. The Morgan fingerprint density at radius 1 is 0.968 bits per heavy atom. The van der Waals surface area contributed by atoms with Gasteiger partial charge >= 0.3 is 0 Å². The predicted octanol–water partition coefficient (Wildman–Crippen LogP) is 2.05. The van der Waals surface area contributed by atoms with Gasteiger partial charge in [-0.15, -0.1) is 0 Å². The second-order valence-corrected chi connectivity index (χ2v) is 9.16. The normalized spacial score (nSPS) is 25.8. The van der Waals surface area contributed by atoms with E-state index in [2.05, 4.69) is 62.6 Å². The van der Waals surface area contributed by atoms with Crippen molar-refractivity contribution in [1.29, 1.82) is 0 Å². The Kier molecular flexibility index (Phi) is 7.84. The van der Waals surface area contributed by atoms with E-state index < -0.39 is 0 Å². The highest BCUT2D eigenvalue weighted by atomic mass is 16.5. The van der Waals surface area contributed by atoms with Crippen molar-refractivity contribution in [3.05, 3.63) is 53.6 Å². The van der Waals surface area contributed by atoms with Crippen molar-refractivity contribution in [2.45, 2.75) is 44.7 Å². The summed E-state index contributed by atoms with van der Waals surface area (Å²) in [6.07, 6.45) is 2.39. The molecule has 1 fully saturated rings. The van der Waals surface area contributed by atoms with Crippen molar-refractivity contribution >= 4 is 0 Å². The SMILES string of the molecule is COc1ccc([C@]2(CC[NH2+]Cc3ccc(OC)c(OC)c3)C[C@H](C)[NH+](C)C[C@H]2C)cc1. The molecule has 5 heteroatoms. The molecule has 1 aliphatic heterocycles. The molecule has 3 N–H and O–H groups in total. The lowest BCUT2D eigenvalue weighted by atomic mass is 9.63. The number of ether oxygens (including phenoxy) is 3. The number of likely N-dealkylation sites (tertiary alicyclic amines) is 1. The zero-order valence-electron chi connectivity index (χ0n) is 20.0. The molecule has 4 atom stereocenters. The van der Waals surface area contributed by atoms with Crippen LogP contribution in [0.5, 0.6) is 17.2 Å². The molecule has 1 saturated heterocycles. The van der Waals surface area contributed by atoms with Crippen molar-refractivity contribution in [3.63, 3.8) is 0 Å². The van der Waals surface area contributed by atoms with Crippen LogP contribution < -0.4 is 24.4 Å². The average molecular weight is 429 g/mol. The molecule has 31 heavy (non-hydrogen) atoms. The summed E-state index contributed by atoms with van der Waals surface area (Å²) in [5.74, 6) is 3.13. The second-order valence-electron chi connectivity index (χ2n) is 9.16. The number of nitrogens with two attached hydrogens (primary N) is 1. The van der Waals surface area contributed by atoms with Crippen molar-refractivity contribution in [2.24, 2.45) is 5.92 Å². The van der Waals surface area contributed by atoms with Gasteiger partial charge in [-0.25, -0.2) is 0 Å². The van der Waals surface area contributed by atoms with Crippen molar-refractivity contribution in [1.82, 2.24) is 0 Å². The molecule has 0 spiro atoms. The van der Waals surface area contributed by atoms with Gasteiger partial charge in [-0.3, -0.25) is 0 Å². The van der Waals surface area contributed by atoms with Crippen LogP contribution in [0.2, 0.25) is 0 Å². The molecule has 5 nitrogen and oxygen atoms in total. The smallest absolute Gasteiger partial charge is 0.161 e. The second kappa shape index (κ2) is 10.4. The Hall–Kier alpha value is -2.24. The maximum atomic E-state index is 5.46. The van der Waals surface area contributed by atoms with Crippen LogP contribution in [-0.2, 0) is 12.0 Å². The van der Waals surface area contributed by atoms with Crippen LogP contribution in [0.25, 0.3) is 0 Å². The first kappa shape index (κ1) is 23.4. The van der Waals surface area contributed by atoms with Gasteiger partial charge in [-0.2, -0.15) is 0 Å². The lowest BCUT2D eigenvalue weighted by Gasteiger charge is -2.47. The minimum Gasteiger partial charge on any atom is -0.497 e. The first-order chi connectivity index (χ1) is 14.9. The number of nitrogens with one attached hydrogen (secondary N) is 1. The van der Waals surface area contributed by atoms with Gasteiger partial charge in [0.05, 0.1) is 47.5 Å². The Morgan fingerprint density at radius 2 is 1.68 bits per heavy atom. The topological polar surface area (TPSA) is 48.7 Å². The predicted molar refractivity (Wildman–Crippen MR) is 124 cm³/mol. The van der Waals surface area contributed by atoms with E-state index in [4.69, 9.17) is 14.2 Å². The fourth-order valence-corrected chi connectivity index (χ4v) is 5.26. The van der Waals surface area contributed by atoms with Gasteiger partial charge in [0.2, 0.25) is 0 Å². The number of benzene rings is 2. The highest BCUT2D eigenvalue weighted by molar-refractivity contribution is 5.42. The van der Waals surface area contributed by atoms with Gasteiger partial charge in [0.25, 0.3) is 0 Å². The third-order valence-electron chi connectivity index (χ3n) is 7.37. The molecule has 170 valence electrons. The number of piperidine rings is 1. The standard InChI is InChI=1S/C26H38N2O3/c1-19-18-28(3)20(2)16-26(19,22-8-10-23(29-4)11-9-22)13-14-27-17-21-7-12-24(30-5)25(15-21)31-6/h7-12,15,19-20,27H,13-14,16-18H2,1-6H3/p+2/t19-,20+,26-/m1/s1. The molecule has 2 aromatic carbocycles. The maximum Gasteiger partial charge on any atom is 0.161 e. The minimum absolute atomic E-state index is 0.208. The lowest BCUT2D eigenvalue weighted by Crippen LogP contribution is -3.15. The van der Waals surface area contributed by atoms with E-state index in [1.54, 1.807) is 26.2 Å². The van der Waals surface area contributed by atoms with Crippen LogP contribution in [0.15, 0.2) is 42.5 Å². The van der Waals surface area contributed by atoms with E-state index in [1.165, 1.54) is 30.5 Å². The van der Waals surface area contributed by atoms with E-state index in [-0.39, 0.29) is 5.41 Å². The molecule has 0 saturated carbocycles. The summed E-state index contributed by atoms with van der Waals surface area (Å²) in [6, 6.07) is 15.7. The summed E-state index contributed by atoms with van der Waals surface area (Å²) in [5.41, 5.74) is 2.92. The van der Waals surface area contributed by atoms with E-state index in [1.807, 2.05) is 6.07 Å². The molecule has 0 aliphatic carbocycles. The quantitative estimate of drug-likeness (QED) is 0.601. The first-order valence-electron chi connectivity index (χ1n) is 11.4. The summed E-state index contributed by atoms with van der Waals surface area (Å²) < 4.78 is 16.2. The number of hydrogen-bond donors (Lipinski definition) is 2. The Labute approximate surface area is 187 Å². The van der Waals surface area contributed by atoms with Crippen LogP contribution in [0.1, 0.15) is 37.8 Å². The molecule has 1 unspecified atom stereocenters. The lowest BCUT2D eigenvalue weighted by molar-refractivity contribution is -0.915. The van der Waals surface area contributed by atoms with E-state index in [9.17, 15) is 0 Å². The highest BCUT2D eigenvalue weighted by Gasteiger charge is 2.46. The van der Waals surface area contributed by atoms with Gasteiger partial charge in [0.15, 0.2) is 11.5 Å². The fraction of sp³-hybridized carbons (Fsp3) is 0.538. The maximum absolute atomic E-state index is 5.46. The zero-order valence-corrected chi connectivity index (χ0v) is 20.0. The first-order valence-corrected chi connectivity index (χ1v) is 11.4. The van der Waals surface area contributed by atoms with Crippen LogP contribution in [-0.4, -0.2) is 47.5 Å². The van der Waals surface area contributed by atoms with E-state index in [0.29, 0.717) is 12.0 Å². The summed E-state index contributed by atoms with van der Waals surface area (Å²) in [4.78, 5) is 1.64. The highest BCUT2D eigenvalue weighted by Crippen LogP contribution is 2.41. The molecule has 0 radical (unpaired) electrons. The van der Waals surface area contributed by atoms with Crippen molar-refractivity contribution in [3.8, 4) is 17.2 Å². The number of hydrogen-bond acceptors (Lipinski definition) is 3. The van der Waals surface area contributed by atoms with Crippen LogP contribution in [0, 0.1) is 5.92 Å². The summed E-state index contributed by atoms with van der Waals surface area (Å²) in [6.45, 7) is 8.08. The van der Waals surface area contributed by atoms with Gasteiger partial charge in [-0.1, -0.05) is 19.1 Å². The number of methoxy groups -OCH3 is 3. The fourth-order valence-electron chi connectivity index (χ4n) is 5.26. The number of rotatable bonds is 9. The van der Waals surface area contributed by atoms with Gasteiger partial charge in [-0.05, 0) is 42.8 Å². The molecule has 0 aromatic heterocycles. The minimum atomic E-state index is 0.208. The molecule has 1 heterocycles. The Bertz CT molecular complexity index is 839. The van der Waals surface area contributed by atoms with E-state index in [0.717, 1.165) is 30.3 Å². The van der Waals surface area contributed by atoms with Crippen LogP contribution >= 0.6 is 0 Å². The zero-order chi connectivity index (χ0) is 22.4. The number of quaternary nitrogens is 2. The third kappa shape index (κ3) is 5.16. The van der Waals surface area contributed by atoms with Crippen LogP contribution in [0.3, 0.4) is 0 Å². The van der Waals surface area contributed by atoms with Gasteiger partial charge in [0.1, 0.15) is 12.3 Å². The van der Waals surface area contributed by atoms with Crippen molar-refractivity contribution in [2.75, 3.05) is 41.5 Å². The van der Waals surface area contributed by atoms with Crippen LogP contribution in [0.4, 0.5) is 0 Å². The summed E-state index contributed by atoms with van der Waals surface area (Å²) in [7, 11) is 7.43. The average Bonchev–Trinajstić information content (AvgIpc) is 2.79.